The highest BCUT2D eigenvalue weighted by Crippen LogP contribution is 2.35. The summed E-state index contributed by atoms with van der Waals surface area (Å²) in [6.45, 7) is 6.78. The van der Waals surface area contributed by atoms with Crippen LogP contribution < -0.4 is 5.32 Å². The topological polar surface area (TPSA) is 84.4 Å². The quantitative estimate of drug-likeness (QED) is 0.799. The van der Waals surface area contributed by atoms with Gasteiger partial charge in [-0.1, -0.05) is 0 Å². The molecule has 3 aliphatic heterocycles. The Balaban J connectivity index is 1.48. The monoisotopic (exact) mass is 358 g/mol. The van der Waals surface area contributed by atoms with Crippen LogP contribution in [0.2, 0.25) is 0 Å². The molecule has 0 unspecified atom stereocenters. The fourth-order valence-corrected chi connectivity index (χ4v) is 4.21. The fraction of sp³-hybridized carbons (Fsp3) is 0.684. The first-order valence-corrected chi connectivity index (χ1v) is 9.50. The molecular weight excluding hydrogens is 332 g/mol. The Kier molecular flexibility index (Phi) is 4.42. The van der Waals surface area contributed by atoms with Crippen LogP contribution in [0.1, 0.15) is 56.1 Å². The van der Waals surface area contributed by atoms with Crippen LogP contribution in [0.5, 0.6) is 0 Å². The van der Waals surface area contributed by atoms with Gasteiger partial charge in [0, 0.05) is 43.7 Å². The number of nitrogens with one attached hydrogen (secondary N) is 1. The van der Waals surface area contributed by atoms with E-state index in [4.69, 9.17) is 9.72 Å². The maximum absolute atomic E-state index is 12.9. The molecule has 2 fully saturated rings. The number of hydrogen-bond acceptors (Lipinski definition) is 6. The molecule has 0 bridgehead atoms. The lowest BCUT2D eigenvalue weighted by Gasteiger charge is -2.33. The number of hydrogen-bond donors (Lipinski definition) is 1. The van der Waals surface area contributed by atoms with Gasteiger partial charge in [0.1, 0.15) is 11.4 Å². The van der Waals surface area contributed by atoms with Crippen molar-refractivity contribution in [1.82, 2.24) is 20.2 Å². The van der Waals surface area contributed by atoms with Gasteiger partial charge in [0.25, 0.3) is 0 Å². The van der Waals surface area contributed by atoms with Gasteiger partial charge in [0.2, 0.25) is 5.91 Å². The van der Waals surface area contributed by atoms with Gasteiger partial charge < -0.3 is 15.0 Å². The van der Waals surface area contributed by atoms with Gasteiger partial charge in [0.15, 0.2) is 0 Å². The van der Waals surface area contributed by atoms with E-state index in [9.17, 15) is 9.59 Å². The summed E-state index contributed by atoms with van der Waals surface area (Å²) < 4.78 is 5.31. The number of esters is 1. The predicted octanol–water partition coefficient (Wildman–Crippen LogP) is 1.17. The molecule has 4 heterocycles. The van der Waals surface area contributed by atoms with Gasteiger partial charge in [-0.15, -0.1) is 0 Å². The predicted molar refractivity (Wildman–Crippen MR) is 94.3 cm³/mol. The molecule has 0 spiro atoms. The van der Waals surface area contributed by atoms with Crippen LogP contribution in [-0.2, 0) is 27.3 Å². The highest BCUT2D eigenvalue weighted by Gasteiger charge is 2.47. The van der Waals surface area contributed by atoms with Gasteiger partial charge in [0.05, 0.1) is 18.0 Å². The van der Waals surface area contributed by atoms with Crippen LogP contribution >= 0.6 is 0 Å². The Bertz CT molecular complexity index is 727. The number of ether oxygens (including phenoxy) is 1. The molecule has 3 aliphatic rings. The second-order valence-electron chi connectivity index (χ2n) is 8.09. The van der Waals surface area contributed by atoms with Crippen molar-refractivity contribution in [2.75, 3.05) is 19.6 Å². The molecule has 2 atom stereocenters. The summed E-state index contributed by atoms with van der Waals surface area (Å²) in [5.41, 5.74) is 1.34. The summed E-state index contributed by atoms with van der Waals surface area (Å²) >= 11 is 0. The van der Waals surface area contributed by atoms with Crippen molar-refractivity contribution < 1.29 is 14.3 Å². The van der Waals surface area contributed by atoms with Crippen molar-refractivity contribution in [3.63, 3.8) is 0 Å². The third-order valence-corrected chi connectivity index (χ3v) is 5.81. The summed E-state index contributed by atoms with van der Waals surface area (Å²) in [5, 5.41) is 3.41. The van der Waals surface area contributed by atoms with E-state index in [0.29, 0.717) is 19.0 Å². The minimum Gasteiger partial charge on any atom is -0.459 e. The number of carbonyl (C=O) groups excluding carboxylic acids is 2. The van der Waals surface area contributed by atoms with Crippen molar-refractivity contribution in [1.29, 1.82) is 0 Å². The number of cyclic esters (lactones) is 1. The van der Waals surface area contributed by atoms with Crippen molar-refractivity contribution in [3.05, 3.63) is 23.3 Å². The van der Waals surface area contributed by atoms with E-state index in [1.807, 2.05) is 24.9 Å². The Labute approximate surface area is 153 Å². The number of carbonyl (C=O) groups is 2. The molecule has 140 valence electrons. The maximum atomic E-state index is 12.9. The summed E-state index contributed by atoms with van der Waals surface area (Å²) in [4.78, 5) is 35.8. The molecule has 0 radical (unpaired) electrons. The minimum atomic E-state index is -0.733. The van der Waals surface area contributed by atoms with E-state index < -0.39 is 11.5 Å². The molecule has 1 aromatic heterocycles. The average molecular weight is 358 g/mol. The SMILES string of the molecule is CC1(C)OC(=O)C[C@H]1C(=O)N1CCc2nc([C@@H]3CCCNC3)ncc2C1. The Hall–Kier alpha value is -2.02. The second kappa shape index (κ2) is 6.61. The van der Waals surface area contributed by atoms with Gasteiger partial charge in [-0.2, -0.15) is 0 Å². The van der Waals surface area contributed by atoms with Gasteiger partial charge >= 0.3 is 5.97 Å². The third-order valence-electron chi connectivity index (χ3n) is 5.81. The Morgan fingerprint density at radius 3 is 2.96 bits per heavy atom. The molecule has 4 rings (SSSR count). The second-order valence-corrected chi connectivity index (χ2v) is 8.09. The molecule has 1 N–H and O–H groups in total. The molecule has 0 aliphatic carbocycles. The zero-order valence-corrected chi connectivity index (χ0v) is 15.5. The molecule has 0 aromatic carbocycles. The number of piperidine rings is 1. The van der Waals surface area contributed by atoms with Crippen molar-refractivity contribution in [2.24, 2.45) is 5.92 Å². The lowest BCUT2D eigenvalue weighted by Crippen LogP contribution is -2.45. The van der Waals surface area contributed by atoms with Gasteiger partial charge in [-0.3, -0.25) is 9.59 Å². The van der Waals surface area contributed by atoms with Crippen LogP contribution in [-0.4, -0.2) is 52.0 Å². The molecular formula is C19H26N4O3. The van der Waals surface area contributed by atoms with E-state index in [2.05, 4.69) is 10.3 Å². The Morgan fingerprint density at radius 2 is 2.27 bits per heavy atom. The lowest BCUT2D eigenvalue weighted by atomic mass is 9.88. The first-order chi connectivity index (χ1) is 12.4. The average Bonchev–Trinajstić information content (AvgIpc) is 2.93. The van der Waals surface area contributed by atoms with Crippen LogP contribution in [0.15, 0.2) is 6.20 Å². The van der Waals surface area contributed by atoms with E-state index in [-0.39, 0.29) is 18.3 Å². The van der Waals surface area contributed by atoms with Crippen LogP contribution in [0.4, 0.5) is 0 Å². The van der Waals surface area contributed by atoms with Crippen molar-refractivity contribution in [3.8, 4) is 0 Å². The highest BCUT2D eigenvalue weighted by atomic mass is 16.6. The van der Waals surface area contributed by atoms with E-state index in [1.165, 1.54) is 0 Å². The number of nitrogens with zero attached hydrogens (tertiary/aromatic N) is 3. The van der Waals surface area contributed by atoms with Crippen LogP contribution in [0.25, 0.3) is 0 Å². The zero-order valence-electron chi connectivity index (χ0n) is 15.5. The largest absolute Gasteiger partial charge is 0.459 e. The van der Waals surface area contributed by atoms with Crippen LogP contribution in [0, 0.1) is 5.92 Å². The first-order valence-electron chi connectivity index (χ1n) is 9.50. The van der Waals surface area contributed by atoms with E-state index >= 15 is 0 Å². The van der Waals surface area contributed by atoms with Crippen molar-refractivity contribution >= 4 is 11.9 Å². The normalized spacial score (nSPS) is 27.8. The number of rotatable bonds is 2. The summed E-state index contributed by atoms with van der Waals surface area (Å²) in [5.74, 6) is 0.597. The number of aromatic nitrogens is 2. The molecule has 1 amide bonds. The third kappa shape index (κ3) is 3.20. The summed E-state index contributed by atoms with van der Waals surface area (Å²) in [6.07, 6.45) is 5.07. The molecule has 26 heavy (non-hydrogen) atoms. The number of amides is 1. The first kappa shape index (κ1) is 17.4. The molecule has 2 saturated heterocycles. The lowest BCUT2D eigenvalue weighted by molar-refractivity contribution is -0.149. The molecule has 0 saturated carbocycles. The highest BCUT2D eigenvalue weighted by molar-refractivity contribution is 5.87. The number of fused-ring (bicyclic) bond motifs is 1. The smallest absolute Gasteiger partial charge is 0.307 e. The molecule has 7 heteroatoms. The van der Waals surface area contributed by atoms with Crippen molar-refractivity contribution in [2.45, 2.75) is 57.6 Å². The van der Waals surface area contributed by atoms with Gasteiger partial charge in [-0.25, -0.2) is 9.97 Å². The zero-order chi connectivity index (χ0) is 18.3. The Morgan fingerprint density at radius 1 is 1.42 bits per heavy atom. The fourth-order valence-electron chi connectivity index (χ4n) is 4.21. The molecule has 7 nitrogen and oxygen atoms in total. The summed E-state index contributed by atoms with van der Waals surface area (Å²) in [6, 6.07) is 0. The molecule has 1 aromatic rings. The minimum absolute atomic E-state index is 0.00735. The van der Waals surface area contributed by atoms with E-state index in [1.54, 1.807) is 0 Å². The van der Waals surface area contributed by atoms with E-state index in [0.717, 1.165) is 49.4 Å². The summed E-state index contributed by atoms with van der Waals surface area (Å²) in [7, 11) is 0. The maximum Gasteiger partial charge on any atom is 0.307 e. The van der Waals surface area contributed by atoms with Crippen LogP contribution in [0.3, 0.4) is 0 Å². The standard InChI is InChI=1S/C19H26N4O3/c1-19(2)14(8-16(24)26-19)18(25)23-7-5-15-13(11-23)10-21-17(22-15)12-4-3-6-20-9-12/h10,12,14,20H,3-9,11H2,1-2H3/t12-,14+/m1/s1. The van der Waals surface area contributed by atoms with Gasteiger partial charge in [-0.05, 0) is 33.2 Å².